The van der Waals surface area contributed by atoms with E-state index in [0.29, 0.717) is 6.04 Å². The van der Waals surface area contributed by atoms with Gasteiger partial charge in [-0.25, -0.2) is 0 Å². The van der Waals surface area contributed by atoms with Crippen LogP contribution < -0.4 is 10.6 Å². The normalized spacial score (nSPS) is 21.8. The van der Waals surface area contributed by atoms with Crippen LogP contribution in [-0.2, 0) is 6.42 Å². The Bertz CT molecular complexity index is 402. The number of nitrogens with two attached hydrogens (primary N) is 1. The van der Waals surface area contributed by atoms with Gasteiger partial charge in [-0.15, -0.1) is 0 Å². The molecule has 0 aliphatic carbocycles. The van der Waals surface area contributed by atoms with E-state index in [2.05, 4.69) is 49.9 Å². The fourth-order valence-electron chi connectivity index (χ4n) is 3.13. The molecule has 0 radical (unpaired) electrons. The van der Waals surface area contributed by atoms with E-state index in [1.807, 2.05) is 0 Å². The fraction of sp³-hybridized carbons (Fsp3) is 0.625. The van der Waals surface area contributed by atoms with E-state index in [1.165, 1.54) is 30.5 Å². The Balaban J connectivity index is 2.18. The van der Waals surface area contributed by atoms with Crippen molar-refractivity contribution >= 4 is 5.69 Å². The molecule has 2 atom stereocenters. The Morgan fingerprint density at radius 1 is 1.39 bits per heavy atom. The van der Waals surface area contributed by atoms with Gasteiger partial charge in [-0.3, -0.25) is 0 Å². The number of hydrogen-bond donors (Lipinski definition) is 1. The molecule has 1 heterocycles. The summed E-state index contributed by atoms with van der Waals surface area (Å²) >= 11 is 0. The van der Waals surface area contributed by atoms with Crippen molar-refractivity contribution in [1.29, 1.82) is 0 Å². The zero-order chi connectivity index (χ0) is 13.2. The van der Waals surface area contributed by atoms with Crippen LogP contribution >= 0.6 is 0 Å². The van der Waals surface area contributed by atoms with Crippen molar-refractivity contribution in [2.45, 2.75) is 46.1 Å². The first kappa shape index (κ1) is 13.4. The molecule has 0 bridgehead atoms. The third-order valence-electron chi connectivity index (χ3n) is 4.25. The molecule has 0 amide bonds. The second kappa shape index (κ2) is 5.31. The molecular weight excluding hydrogens is 220 g/mol. The smallest absolute Gasteiger partial charge is 0.0402 e. The van der Waals surface area contributed by atoms with Gasteiger partial charge in [0, 0.05) is 18.3 Å². The number of fused-ring (bicyclic) bond motifs is 1. The van der Waals surface area contributed by atoms with E-state index < -0.39 is 0 Å². The summed E-state index contributed by atoms with van der Waals surface area (Å²) in [6, 6.07) is 9.39. The molecule has 0 fully saturated rings. The maximum Gasteiger partial charge on any atom is 0.0402 e. The van der Waals surface area contributed by atoms with Gasteiger partial charge in [0.2, 0.25) is 0 Å². The molecule has 18 heavy (non-hydrogen) atoms. The molecule has 0 saturated heterocycles. The SMILES string of the molecule is CCCC(C)(CN)CN1c2ccccc2CC1C. The monoisotopic (exact) mass is 246 g/mol. The molecule has 1 aromatic carbocycles. The van der Waals surface area contributed by atoms with Crippen molar-refractivity contribution in [2.24, 2.45) is 11.1 Å². The van der Waals surface area contributed by atoms with E-state index in [4.69, 9.17) is 5.73 Å². The molecule has 2 rings (SSSR count). The predicted molar refractivity (Wildman–Crippen MR) is 79.0 cm³/mol. The molecule has 2 unspecified atom stereocenters. The van der Waals surface area contributed by atoms with E-state index in [-0.39, 0.29) is 5.41 Å². The van der Waals surface area contributed by atoms with Gasteiger partial charge in [0.25, 0.3) is 0 Å². The molecule has 100 valence electrons. The topological polar surface area (TPSA) is 29.3 Å². The van der Waals surface area contributed by atoms with Crippen LogP contribution in [0.1, 0.15) is 39.2 Å². The van der Waals surface area contributed by atoms with Gasteiger partial charge >= 0.3 is 0 Å². The highest BCUT2D eigenvalue weighted by molar-refractivity contribution is 5.59. The van der Waals surface area contributed by atoms with Crippen LogP contribution in [0, 0.1) is 5.41 Å². The molecule has 1 aliphatic heterocycles. The van der Waals surface area contributed by atoms with E-state index in [9.17, 15) is 0 Å². The van der Waals surface area contributed by atoms with Crippen LogP contribution in [0.15, 0.2) is 24.3 Å². The Labute approximate surface area is 111 Å². The predicted octanol–water partition coefficient (Wildman–Crippen LogP) is 3.20. The molecule has 2 heteroatoms. The summed E-state index contributed by atoms with van der Waals surface area (Å²) < 4.78 is 0. The first-order chi connectivity index (χ1) is 8.59. The second-order valence-corrected chi connectivity index (χ2v) is 6.07. The van der Waals surface area contributed by atoms with Crippen LogP contribution in [0.4, 0.5) is 5.69 Å². The minimum atomic E-state index is 0.237. The molecule has 1 aromatic rings. The van der Waals surface area contributed by atoms with Gasteiger partial charge in [0.1, 0.15) is 0 Å². The molecule has 2 N–H and O–H groups in total. The summed E-state index contributed by atoms with van der Waals surface area (Å²) in [6.45, 7) is 8.74. The average molecular weight is 246 g/mol. The quantitative estimate of drug-likeness (QED) is 0.864. The van der Waals surface area contributed by atoms with Crippen LogP contribution in [-0.4, -0.2) is 19.1 Å². The third kappa shape index (κ3) is 2.54. The number of anilines is 1. The van der Waals surface area contributed by atoms with Gasteiger partial charge in [0.05, 0.1) is 0 Å². The van der Waals surface area contributed by atoms with Gasteiger partial charge in [-0.05, 0) is 43.4 Å². The van der Waals surface area contributed by atoms with Crippen LogP contribution in [0.3, 0.4) is 0 Å². The summed E-state index contributed by atoms with van der Waals surface area (Å²) in [6.07, 6.45) is 3.58. The fourth-order valence-corrected chi connectivity index (χ4v) is 3.13. The summed E-state index contributed by atoms with van der Waals surface area (Å²) in [5.74, 6) is 0. The van der Waals surface area contributed by atoms with Crippen LogP contribution in [0.5, 0.6) is 0 Å². The largest absolute Gasteiger partial charge is 0.368 e. The molecule has 1 aliphatic rings. The average Bonchev–Trinajstić information content (AvgIpc) is 2.66. The van der Waals surface area contributed by atoms with Crippen molar-refractivity contribution in [3.05, 3.63) is 29.8 Å². The van der Waals surface area contributed by atoms with Gasteiger partial charge in [-0.1, -0.05) is 38.5 Å². The lowest BCUT2D eigenvalue weighted by atomic mass is 9.85. The maximum absolute atomic E-state index is 6.01. The third-order valence-corrected chi connectivity index (χ3v) is 4.25. The maximum atomic E-state index is 6.01. The number of rotatable bonds is 5. The summed E-state index contributed by atoms with van der Waals surface area (Å²) in [5.41, 5.74) is 9.15. The Hall–Kier alpha value is -1.02. The van der Waals surface area contributed by atoms with E-state index in [1.54, 1.807) is 0 Å². The summed E-state index contributed by atoms with van der Waals surface area (Å²) in [4.78, 5) is 2.55. The van der Waals surface area contributed by atoms with Crippen molar-refractivity contribution < 1.29 is 0 Å². The van der Waals surface area contributed by atoms with Crippen molar-refractivity contribution in [3.8, 4) is 0 Å². The lowest BCUT2D eigenvalue weighted by molar-refractivity contribution is 0.302. The molecule has 0 spiro atoms. The van der Waals surface area contributed by atoms with Gasteiger partial charge < -0.3 is 10.6 Å². The lowest BCUT2D eigenvalue weighted by Crippen LogP contribution is -2.43. The first-order valence-electron chi connectivity index (χ1n) is 7.14. The zero-order valence-corrected chi connectivity index (χ0v) is 11.9. The van der Waals surface area contributed by atoms with Crippen molar-refractivity contribution in [2.75, 3.05) is 18.0 Å². The Kier molecular flexibility index (Phi) is 3.96. The van der Waals surface area contributed by atoms with E-state index in [0.717, 1.165) is 13.1 Å². The molecular formula is C16H26N2. The summed E-state index contributed by atoms with van der Waals surface area (Å²) in [7, 11) is 0. The van der Waals surface area contributed by atoms with Gasteiger partial charge in [0.15, 0.2) is 0 Å². The van der Waals surface area contributed by atoms with Crippen molar-refractivity contribution in [1.82, 2.24) is 0 Å². The highest BCUT2D eigenvalue weighted by atomic mass is 15.2. The van der Waals surface area contributed by atoms with Gasteiger partial charge in [-0.2, -0.15) is 0 Å². The van der Waals surface area contributed by atoms with Crippen LogP contribution in [0.25, 0.3) is 0 Å². The first-order valence-corrected chi connectivity index (χ1v) is 7.14. The summed E-state index contributed by atoms with van der Waals surface area (Å²) in [5, 5.41) is 0. The zero-order valence-electron chi connectivity index (χ0n) is 11.9. The lowest BCUT2D eigenvalue weighted by Gasteiger charge is -2.36. The highest BCUT2D eigenvalue weighted by Crippen LogP contribution is 2.35. The standard InChI is InChI=1S/C16H26N2/c1-4-9-16(3,11-17)12-18-13(2)10-14-7-5-6-8-15(14)18/h5-8,13H,4,9-12,17H2,1-3H3. The number of para-hydroxylation sites is 1. The Morgan fingerprint density at radius 2 is 2.11 bits per heavy atom. The van der Waals surface area contributed by atoms with E-state index >= 15 is 0 Å². The molecule has 0 aromatic heterocycles. The molecule has 2 nitrogen and oxygen atoms in total. The number of nitrogens with zero attached hydrogens (tertiary/aromatic N) is 1. The highest BCUT2D eigenvalue weighted by Gasteiger charge is 2.32. The minimum absolute atomic E-state index is 0.237. The number of hydrogen-bond acceptors (Lipinski definition) is 2. The van der Waals surface area contributed by atoms with Crippen molar-refractivity contribution in [3.63, 3.8) is 0 Å². The molecule has 0 saturated carbocycles. The second-order valence-electron chi connectivity index (χ2n) is 6.07. The minimum Gasteiger partial charge on any atom is -0.368 e. The van der Waals surface area contributed by atoms with Crippen LogP contribution in [0.2, 0.25) is 0 Å². The number of benzene rings is 1. The Morgan fingerprint density at radius 3 is 2.78 bits per heavy atom.